The van der Waals surface area contributed by atoms with Crippen molar-refractivity contribution in [2.75, 3.05) is 13.6 Å². The van der Waals surface area contributed by atoms with Gasteiger partial charge in [-0.1, -0.05) is 19.3 Å². The molecule has 0 atom stereocenters. The summed E-state index contributed by atoms with van der Waals surface area (Å²) in [6.07, 6.45) is -8.28. The van der Waals surface area contributed by atoms with E-state index in [1.54, 1.807) is 0 Å². The average molecular weight is 440 g/mol. The Morgan fingerprint density at radius 1 is 0.517 bits per heavy atom. The number of ether oxygens (including phenoxy) is 4. The summed E-state index contributed by atoms with van der Waals surface area (Å²) in [6.45, 7) is -2.28. The van der Waals surface area contributed by atoms with Crippen LogP contribution in [0.15, 0.2) is 0 Å². The highest BCUT2D eigenvalue weighted by Crippen LogP contribution is 2.17. The van der Waals surface area contributed by atoms with Gasteiger partial charge in [-0.2, -0.15) is 26.3 Å². The molecule has 0 fully saturated rings. The summed E-state index contributed by atoms with van der Waals surface area (Å²) in [5.41, 5.74) is 0. The van der Waals surface area contributed by atoms with Gasteiger partial charge in [-0.15, -0.1) is 0 Å². The van der Waals surface area contributed by atoms with Gasteiger partial charge in [-0.3, -0.25) is 9.59 Å². The van der Waals surface area contributed by atoms with Crippen molar-refractivity contribution in [3.63, 3.8) is 0 Å². The smallest absolute Gasteiger partial charge is 0.428 e. The lowest BCUT2D eigenvalue weighted by atomic mass is 10.1. The van der Waals surface area contributed by atoms with Gasteiger partial charge < -0.3 is 18.9 Å². The molecule has 14 heteroatoms. The lowest BCUT2D eigenvalue weighted by Gasteiger charge is -2.08. The van der Waals surface area contributed by atoms with E-state index in [9.17, 15) is 45.5 Å². The zero-order chi connectivity index (χ0) is 22.5. The predicted octanol–water partition coefficient (Wildman–Crippen LogP) is 2.93. The summed E-state index contributed by atoms with van der Waals surface area (Å²) in [7, 11) is 0. The fraction of sp³-hybridized carbons (Fsp3) is 0.733. The van der Waals surface area contributed by atoms with Gasteiger partial charge >= 0.3 is 36.2 Å². The number of hydrogen-bond acceptors (Lipinski definition) is 8. The fourth-order valence-electron chi connectivity index (χ4n) is 1.67. The third-order valence-corrected chi connectivity index (χ3v) is 3.04. The molecule has 0 heterocycles. The van der Waals surface area contributed by atoms with Gasteiger partial charge in [0.25, 0.3) is 0 Å². The summed E-state index contributed by atoms with van der Waals surface area (Å²) in [5.74, 6) is -6.64. The Bertz CT molecular complexity index is 510. The van der Waals surface area contributed by atoms with E-state index in [1.165, 1.54) is 0 Å². The quantitative estimate of drug-likeness (QED) is 0.197. The van der Waals surface area contributed by atoms with E-state index in [-0.39, 0.29) is 12.8 Å². The Balaban J connectivity index is 3.58. The monoisotopic (exact) mass is 440 g/mol. The van der Waals surface area contributed by atoms with Crippen LogP contribution in [0.5, 0.6) is 0 Å². The molecular weight excluding hydrogens is 422 g/mol. The number of alkyl halides is 6. The third kappa shape index (κ3) is 14.2. The minimum Gasteiger partial charge on any atom is -0.428 e. The normalized spacial score (nSPS) is 11.5. The van der Waals surface area contributed by atoms with Gasteiger partial charge in [-0.25, -0.2) is 9.59 Å². The Morgan fingerprint density at radius 2 is 0.828 bits per heavy atom. The van der Waals surface area contributed by atoms with Gasteiger partial charge in [0.15, 0.2) is 0 Å². The van der Waals surface area contributed by atoms with E-state index >= 15 is 0 Å². The minimum absolute atomic E-state index is 0.115. The fourth-order valence-corrected chi connectivity index (χ4v) is 1.67. The molecule has 0 aliphatic carbocycles. The second kappa shape index (κ2) is 12.8. The van der Waals surface area contributed by atoms with Crippen molar-refractivity contribution in [3.05, 3.63) is 0 Å². The van der Waals surface area contributed by atoms with E-state index in [0.29, 0.717) is 32.1 Å². The number of halogens is 6. The molecular formula is C15H18F6O8. The van der Waals surface area contributed by atoms with Crippen LogP contribution in [0.25, 0.3) is 0 Å². The highest BCUT2D eigenvalue weighted by atomic mass is 19.4. The van der Waals surface area contributed by atoms with Gasteiger partial charge in [0, 0.05) is 12.8 Å². The maximum atomic E-state index is 11.8. The Kier molecular flexibility index (Phi) is 11.7. The van der Waals surface area contributed by atoms with E-state index in [0.717, 1.165) is 0 Å². The Morgan fingerprint density at radius 3 is 1.14 bits per heavy atom. The Labute approximate surface area is 160 Å². The highest BCUT2D eigenvalue weighted by Gasteiger charge is 2.41. The molecule has 0 aliphatic heterocycles. The summed E-state index contributed by atoms with van der Waals surface area (Å²) >= 11 is 0. The molecule has 0 aromatic heterocycles. The molecule has 0 saturated carbocycles. The SMILES string of the molecule is O=C(CCCCCCCC(=O)OCOC(=O)C(F)(F)F)OCOC(=O)C(F)(F)F. The first-order valence-electron chi connectivity index (χ1n) is 8.13. The molecule has 0 radical (unpaired) electrons. The van der Waals surface area contributed by atoms with Crippen molar-refractivity contribution < 1.29 is 64.5 Å². The Hall–Kier alpha value is -2.54. The molecule has 0 bridgehead atoms. The first-order chi connectivity index (χ1) is 13.3. The van der Waals surface area contributed by atoms with Gasteiger partial charge in [0.2, 0.25) is 13.6 Å². The van der Waals surface area contributed by atoms with Crippen LogP contribution in [0.2, 0.25) is 0 Å². The average Bonchev–Trinajstić information content (AvgIpc) is 2.59. The van der Waals surface area contributed by atoms with Gasteiger partial charge in [-0.05, 0) is 12.8 Å². The van der Waals surface area contributed by atoms with E-state index < -0.39 is 49.8 Å². The molecule has 0 aliphatic rings. The number of carbonyl (C=O) groups excluding carboxylic acids is 4. The summed E-state index contributed by atoms with van der Waals surface area (Å²) in [4.78, 5) is 43.1. The van der Waals surface area contributed by atoms with Gasteiger partial charge in [0.05, 0.1) is 0 Å². The first-order valence-corrected chi connectivity index (χ1v) is 8.13. The van der Waals surface area contributed by atoms with Crippen LogP contribution in [0.1, 0.15) is 44.9 Å². The minimum atomic E-state index is -5.17. The second-order valence-corrected chi connectivity index (χ2v) is 5.40. The van der Waals surface area contributed by atoms with Crippen molar-refractivity contribution in [2.45, 2.75) is 57.3 Å². The number of hydrogen-bond donors (Lipinski definition) is 0. The van der Waals surface area contributed by atoms with E-state index in [2.05, 4.69) is 18.9 Å². The molecule has 8 nitrogen and oxygen atoms in total. The van der Waals surface area contributed by atoms with Gasteiger partial charge in [0.1, 0.15) is 0 Å². The molecule has 29 heavy (non-hydrogen) atoms. The molecule has 0 unspecified atom stereocenters. The lowest BCUT2D eigenvalue weighted by molar-refractivity contribution is -0.210. The van der Waals surface area contributed by atoms with Crippen LogP contribution in [0.3, 0.4) is 0 Å². The summed E-state index contributed by atoms with van der Waals surface area (Å²) in [5, 5.41) is 0. The highest BCUT2D eigenvalue weighted by molar-refractivity contribution is 5.76. The number of unbranched alkanes of at least 4 members (excludes halogenated alkanes) is 4. The number of carbonyl (C=O) groups is 4. The first kappa shape index (κ1) is 26.5. The molecule has 0 aromatic carbocycles. The molecule has 0 amide bonds. The maximum Gasteiger partial charge on any atom is 0.491 e. The summed E-state index contributed by atoms with van der Waals surface area (Å²) < 4.78 is 86.8. The molecule has 0 spiro atoms. The molecule has 0 N–H and O–H groups in total. The third-order valence-electron chi connectivity index (χ3n) is 3.04. The van der Waals surface area contributed by atoms with Crippen LogP contribution in [-0.4, -0.2) is 49.8 Å². The number of esters is 4. The van der Waals surface area contributed by atoms with Crippen molar-refractivity contribution in [2.24, 2.45) is 0 Å². The zero-order valence-corrected chi connectivity index (χ0v) is 14.9. The van der Waals surface area contributed by atoms with Crippen molar-refractivity contribution in [1.82, 2.24) is 0 Å². The van der Waals surface area contributed by atoms with Crippen molar-refractivity contribution in [3.8, 4) is 0 Å². The van der Waals surface area contributed by atoms with Crippen LogP contribution < -0.4 is 0 Å². The topological polar surface area (TPSA) is 105 Å². The van der Waals surface area contributed by atoms with Crippen LogP contribution in [0.4, 0.5) is 26.3 Å². The van der Waals surface area contributed by atoms with Crippen LogP contribution in [0, 0.1) is 0 Å². The van der Waals surface area contributed by atoms with Crippen LogP contribution in [-0.2, 0) is 38.1 Å². The molecule has 168 valence electrons. The van der Waals surface area contributed by atoms with E-state index in [4.69, 9.17) is 0 Å². The van der Waals surface area contributed by atoms with Crippen LogP contribution >= 0.6 is 0 Å². The maximum absolute atomic E-state index is 11.8. The van der Waals surface area contributed by atoms with Crippen molar-refractivity contribution in [1.29, 1.82) is 0 Å². The van der Waals surface area contributed by atoms with Crippen molar-refractivity contribution >= 4 is 23.9 Å². The second-order valence-electron chi connectivity index (χ2n) is 5.40. The number of rotatable bonds is 12. The predicted molar refractivity (Wildman–Crippen MR) is 78.5 cm³/mol. The van der Waals surface area contributed by atoms with E-state index in [1.807, 2.05) is 0 Å². The molecule has 0 rings (SSSR count). The summed E-state index contributed by atoms with van der Waals surface area (Å²) in [6, 6.07) is 0. The zero-order valence-electron chi connectivity index (χ0n) is 14.9. The molecule has 0 saturated heterocycles. The largest absolute Gasteiger partial charge is 0.491 e. The lowest BCUT2D eigenvalue weighted by Crippen LogP contribution is -2.26. The standard InChI is InChI=1S/C15H18F6O8/c16-14(17,18)12(24)28-8-26-10(22)6-4-2-1-3-5-7-11(23)27-9-29-13(25)15(19,20)21/h1-9H2. The molecule has 0 aromatic rings.